The standard InChI is InChI=1S/C17H22N4O2/c1-2-21-15(7-11-20-21)16-14(8-12-23-16)17(22)19-10-6-13-5-3-4-9-18-13/h3-5,7,9,11,14,16H,2,6,8,10,12H2,1H3,(H,19,22)/t14-,16-/m1/s1. The van der Waals surface area contributed by atoms with Gasteiger partial charge >= 0.3 is 0 Å². The SMILES string of the molecule is CCn1nccc1[C@@H]1OCC[C@H]1C(=O)NCCc1ccccn1. The molecule has 0 spiro atoms. The van der Waals surface area contributed by atoms with Crippen molar-refractivity contribution in [2.75, 3.05) is 13.2 Å². The number of pyridine rings is 1. The molecule has 1 aliphatic heterocycles. The zero-order valence-corrected chi connectivity index (χ0v) is 13.3. The third-order valence-electron chi connectivity index (χ3n) is 4.18. The van der Waals surface area contributed by atoms with Crippen molar-refractivity contribution in [1.82, 2.24) is 20.1 Å². The molecule has 2 aromatic heterocycles. The van der Waals surface area contributed by atoms with E-state index >= 15 is 0 Å². The van der Waals surface area contributed by atoms with Gasteiger partial charge in [0.05, 0.1) is 11.6 Å². The van der Waals surface area contributed by atoms with E-state index in [4.69, 9.17) is 4.74 Å². The lowest BCUT2D eigenvalue weighted by Crippen LogP contribution is -2.34. The van der Waals surface area contributed by atoms with Crippen LogP contribution >= 0.6 is 0 Å². The molecule has 2 atom stereocenters. The van der Waals surface area contributed by atoms with Gasteiger partial charge in [0, 0.05) is 44.2 Å². The van der Waals surface area contributed by atoms with Gasteiger partial charge in [-0.3, -0.25) is 14.5 Å². The van der Waals surface area contributed by atoms with Gasteiger partial charge in [0.1, 0.15) is 6.10 Å². The molecule has 0 aromatic carbocycles. The number of hydrogen-bond acceptors (Lipinski definition) is 4. The van der Waals surface area contributed by atoms with Crippen molar-refractivity contribution in [3.8, 4) is 0 Å². The summed E-state index contributed by atoms with van der Waals surface area (Å²) in [7, 11) is 0. The number of aryl methyl sites for hydroxylation is 1. The van der Waals surface area contributed by atoms with E-state index in [-0.39, 0.29) is 17.9 Å². The average Bonchev–Trinajstić information content (AvgIpc) is 3.24. The molecule has 1 saturated heterocycles. The third kappa shape index (κ3) is 3.59. The maximum absolute atomic E-state index is 12.5. The van der Waals surface area contributed by atoms with Crippen molar-refractivity contribution < 1.29 is 9.53 Å². The minimum Gasteiger partial charge on any atom is -0.371 e. The summed E-state index contributed by atoms with van der Waals surface area (Å²) in [6, 6.07) is 7.75. The molecule has 1 amide bonds. The lowest BCUT2D eigenvalue weighted by molar-refractivity contribution is -0.126. The van der Waals surface area contributed by atoms with Crippen molar-refractivity contribution in [1.29, 1.82) is 0 Å². The van der Waals surface area contributed by atoms with Crippen LogP contribution in [0.25, 0.3) is 0 Å². The number of amides is 1. The Labute approximate surface area is 135 Å². The highest BCUT2D eigenvalue weighted by Gasteiger charge is 2.36. The topological polar surface area (TPSA) is 69.0 Å². The Hall–Kier alpha value is -2.21. The Bertz CT molecular complexity index is 641. The van der Waals surface area contributed by atoms with Gasteiger partial charge in [-0.25, -0.2) is 0 Å². The normalized spacial score (nSPS) is 20.6. The zero-order chi connectivity index (χ0) is 16.1. The van der Waals surface area contributed by atoms with Gasteiger partial charge in [-0.1, -0.05) is 6.07 Å². The predicted octanol–water partition coefficient (Wildman–Crippen LogP) is 1.73. The summed E-state index contributed by atoms with van der Waals surface area (Å²) in [4.78, 5) is 16.8. The Morgan fingerprint density at radius 2 is 2.30 bits per heavy atom. The highest BCUT2D eigenvalue weighted by Crippen LogP contribution is 2.34. The van der Waals surface area contributed by atoms with E-state index in [9.17, 15) is 4.79 Å². The molecule has 6 nitrogen and oxygen atoms in total. The van der Waals surface area contributed by atoms with Crippen LogP contribution in [0.5, 0.6) is 0 Å². The minimum atomic E-state index is -0.202. The van der Waals surface area contributed by atoms with E-state index in [0.717, 1.165) is 30.8 Å². The first-order chi connectivity index (χ1) is 11.3. The zero-order valence-electron chi connectivity index (χ0n) is 13.3. The summed E-state index contributed by atoms with van der Waals surface area (Å²) < 4.78 is 7.70. The maximum atomic E-state index is 12.5. The Kier molecular flexibility index (Phi) is 5.02. The summed E-state index contributed by atoms with van der Waals surface area (Å²) in [6.45, 7) is 4.01. The first-order valence-electron chi connectivity index (χ1n) is 8.10. The van der Waals surface area contributed by atoms with Crippen LogP contribution in [0.4, 0.5) is 0 Å². The predicted molar refractivity (Wildman–Crippen MR) is 85.7 cm³/mol. The molecule has 0 aliphatic carbocycles. The molecular formula is C17H22N4O2. The molecule has 0 radical (unpaired) electrons. The summed E-state index contributed by atoms with van der Waals surface area (Å²) in [5, 5.41) is 7.29. The first kappa shape index (κ1) is 15.7. The van der Waals surface area contributed by atoms with E-state index in [0.29, 0.717) is 13.2 Å². The molecule has 1 aliphatic rings. The van der Waals surface area contributed by atoms with Gasteiger partial charge in [0.15, 0.2) is 0 Å². The highest BCUT2D eigenvalue weighted by molar-refractivity contribution is 5.79. The lowest BCUT2D eigenvalue weighted by Gasteiger charge is -2.19. The van der Waals surface area contributed by atoms with Crippen molar-refractivity contribution in [3.05, 3.63) is 48.0 Å². The Balaban J connectivity index is 1.58. The fraction of sp³-hybridized carbons (Fsp3) is 0.471. The van der Waals surface area contributed by atoms with Crippen LogP contribution < -0.4 is 5.32 Å². The van der Waals surface area contributed by atoms with Crippen LogP contribution in [-0.4, -0.2) is 33.8 Å². The molecule has 1 N–H and O–H groups in total. The molecule has 0 bridgehead atoms. The summed E-state index contributed by atoms with van der Waals surface area (Å²) in [6.07, 6.45) is 4.81. The Morgan fingerprint density at radius 3 is 3.09 bits per heavy atom. The number of nitrogens with one attached hydrogen (secondary N) is 1. The van der Waals surface area contributed by atoms with Crippen molar-refractivity contribution in [3.63, 3.8) is 0 Å². The number of carbonyl (C=O) groups excluding carboxylic acids is 1. The highest BCUT2D eigenvalue weighted by atomic mass is 16.5. The van der Waals surface area contributed by atoms with Gasteiger partial charge < -0.3 is 10.1 Å². The first-order valence-corrected chi connectivity index (χ1v) is 8.10. The van der Waals surface area contributed by atoms with Crippen molar-refractivity contribution in [2.24, 2.45) is 5.92 Å². The van der Waals surface area contributed by atoms with Gasteiger partial charge in [-0.2, -0.15) is 5.10 Å². The lowest BCUT2D eigenvalue weighted by atomic mass is 9.98. The summed E-state index contributed by atoms with van der Waals surface area (Å²) in [5.74, 6) is -0.104. The minimum absolute atomic E-state index is 0.0484. The van der Waals surface area contributed by atoms with Crippen LogP contribution in [0.2, 0.25) is 0 Å². The molecular weight excluding hydrogens is 292 g/mol. The molecule has 0 saturated carbocycles. The van der Waals surface area contributed by atoms with Crippen LogP contribution in [0.15, 0.2) is 36.7 Å². The van der Waals surface area contributed by atoms with Gasteiger partial charge in [0.25, 0.3) is 0 Å². The van der Waals surface area contributed by atoms with Gasteiger partial charge in [-0.05, 0) is 31.5 Å². The second-order valence-electron chi connectivity index (χ2n) is 5.62. The molecule has 6 heteroatoms. The quantitative estimate of drug-likeness (QED) is 0.882. The van der Waals surface area contributed by atoms with Crippen molar-refractivity contribution >= 4 is 5.91 Å². The molecule has 3 heterocycles. The monoisotopic (exact) mass is 314 g/mol. The van der Waals surface area contributed by atoms with Crippen LogP contribution in [-0.2, 0) is 22.5 Å². The Morgan fingerprint density at radius 1 is 1.39 bits per heavy atom. The fourth-order valence-corrected chi connectivity index (χ4v) is 2.99. The number of hydrogen-bond donors (Lipinski definition) is 1. The number of ether oxygens (including phenoxy) is 1. The maximum Gasteiger partial charge on any atom is 0.226 e. The number of nitrogens with zero attached hydrogens (tertiary/aromatic N) is 3. The number of carbonyl (C=O) groups is 1. The fourth-order valence-electron chi connectivity index (χ4n) is 2.99. The molecule has 2 aromatic rings. The largest absolute Gasteiger partial charge is 0.371 e. The summed E-state index contributed by atoms with van der Waals surface area (Å²) >= 11 is 0. The molecule has 23 heavy (non-hydrogen) atoms. The van der Waals surface area contributed by atoms with E-state index < -0.39 is 0 Å². The number of rotatable bonds is 6. The molecule has 122 valence electrons. The van der Waals surface area contributed by atoms with Crippen molar-refractivity contribution in [2.45, 2.75) is 32.4 Å². The second-order valence-corrected chi connectivity index (χ2v) is 5.62. The summed E-state index contributed by atoms with van der Waals surface area (Å²) in [5.41, 5.74) is 1.96. The number of aromatic nitrogens is 3. The third-order valence-corrected chi connectivity index (χ3v) is 4.18. The van der Waals surface area contributed by atoms with E-state index in [2.05, 4.69) is 15.4 Å². The molecule has 0 unspecified atom stereocenters. The van der Waals surface area contributed by atoms with Crippen LogP contribution in [0.1, 0.15) is 30.8 Å². The van der Waals surface area contributed by atoms with Gasteiger partial charge in [-0.15, -0.1) is 0 Å². The van der Waals surface area contributed by atoms with Crippen LogP contribution in [0, 0.1) is 5.92 Å². The molecule has 1 fully saturated rings. The van der Waals surface area contributed by atoms with E-state index in [1.807, 2.05) is 35.9 Å². The smallest absolute Gasteiger partial charge is 0.226 e. The molecule has 3 rings (SSSR count). The van der Waals surface area contributed by atoms with Gasteiger partial charge in [0.2, 0.25) is 5.91 Å². The average molecular weight is 314 g/mol. The second kappa shape index (κ2) is 7.37. The van der Waals surface area contributed by atoms with Crippen LogP contribution in [0.3, 0.4) is 0 Å². The van der Waals surface area contributed by atoms with E-state index in [1.165, 1.54) is 0 Å². The van der Waals surface area contributed by atoms with E-state index in [1.54, 1.807) is 12.4 Å².